The lowest BCUT2D eigenvalue weighted by molar-refractivity contribution is 0.154. The number of rotatable bonds is 2. The Hall–Kier alpha value is -0.0800. The lowest BCUT2D eigenvalue weighted by atomic mass is 9.76. The Morgan fingerprint density at radius 1 is 0.667 bits per heavy atom. The number of hydrogen-bond donors (Lipinski definition) is 2. The first-order chi connectivity index (χ1) is 8.66. The summed E-state index contributed by atoms with van der Waals surface area (Å²) in [5, 5.41) is 19.5. The minimum atomic E-state index is -0.0567. The molecule has 0 heterocycles. The van der Waals surface area contributed by atoms with Gasteiger partial charge in [0.05, 0.1) is 12.2 Å². The van der Waals surface area contributed by atoms with Gasteiger partial charge in [-0.05, 0) is 69.1 Å². The molecule has 2 rings (SSSR count). The lowest BCUT2D eigenvalue weighted by Crippen LogP contribution is -2.19. The maximum absolute atomic E-state index is 9.74. The summed E-state index contributed by atoms with van der Waals surface area (Å²) in [5.41, 5.74) is 0. The molecule has 0 bridgehead atoms. The third-order valence-electron chi connectivity index (χ3n) is 5.16. The SMILES string of the molecule is C[C](C1CCCC(O)CC1)C1CCCC(O)CC1. The van der Waals surface area contributed by atoms with Crippen LogP contribution in [0, 0.1) is 17.8 Å². The lowest BCUT2D eigenvalue weighted by Gasteiger charge is -2.29. The maximum atomic E-state index is 9.74. The van der Waals surface area contributed by atoms with Gasteiger partial charge in [-0.1, -0.05) is 19.8 Å². The zero-order valence-electron chi connectivity index (χ0n) is 11.8. The van der Waals surface area contributed by atoms with Gasteiger partial charge < -0.3 is 10.2 Å². The van der Waals surface area contributed by atoms with Gasteiger partial charge in [-0.2, -0.15) is 0 Å². The van der Waals surface area contributed by atoms with Crippen molar-refractivity contribution >= 4 is 0 Å². The zero-order valence-corrected chi connectivity index (χ0v) is 11.8. The first-order valence-electron chi connectivity index (χ1n) is 7.86. The summed E-state index contributed by atoms with van der Waals surface area (Å²) in [5.74, 6) is 3.11. The van der Waals surface area contributed by atoms with Crippen LogP contribution in [0.5, 0.6) is 0 Å². The molecule has 1 radical (unpaired) electrons. The predicted octanol–water partition coefficient (Wildman–Crippen LogP) is 3.46. The summed E-state index contributed by atoms with van der Waals surface area (Å²) < 4.78 is 0. The molecule has 0 amide bonds. The molecule has 0 aromatic carbocycles. The summed E-state index contributed by atoms with van der Waals surface area (Å²) >= 11 is 0. The second kappa shape index (κ2) is 6.91. The van der Waals surface area contributed by atoms with Crippen LogP contribution in [-0.4, -0.2) is 22.4 Å². The van der Waals surface area contributed by atoms with Crippen molar-refractivity contribution in [2.45, 2.75) is 83.3 Å². The molecule has 0 aromatic heterocycles. The molecule has 2 saturated carbocycles. The smallest absolute Gasteiger partial charge is 0.0540 e. The van der Waals surface area contributed by atoms with Crippen LogP contribution in [0.1, 0.15) is 71.1 Å². The van der Waals surface area contributed by atoms with E-state index in [0.29, 0.717) is 0 Å². The summed E-state index contributed by atoms with van der Waals surface area (Å²) in [6.45, 7) is 2.34. The van der Waals surface area contributed by atoms with Crippen LogP contribution in [0.4, 0.5) is 0 Å². The second-order valence-electron chi connectivity index (χ2n) is 6.46. The topological polar surface area (TPSA) is 40.5 Å². The molecule has 4 unspecified atom stereocenters. The molecule has 2 nitrogen and oxygen atoms in total. The van der Waals surface area contributed by atoms with Crippen LogP contribution in [0.3, 0.4) is 0 Å². The van der Waals surface area contributed by atoms with Gasteiger partial charge >= 0.3 is 0 Å². The monoisotopic (exact) mass is 253 g/mol. The van der Waals surface area contributed by atoms with Gasteiger partial charge in [-0.25, -0.2) is 0 Å². The number of hydrogen-bond acceptors (Lipinski definition) is 2. The van der Waals surface area contributed by atoms with Gasteiger partial charge in [0, 0.05) is 0 Å². The van der Waals surface area contributed by atoms with Gasteiger partial charge in [0.1, 0.15) is 0 Å². The summed E-state index contributed by atoms with van der Waals surface area (Å²) in [6.07, 6.45) is 11.1. The molecule has 2 N–H and O–H groups in total. The van der Waals surface area contributed by atoms with Crippen molar-refractivity contribution in [3.05, 3.63) is 5.92 Å². The van der Waals surface area contributed by atoms with E-state index in [9.17, 15) is 10.2 Å². The Labute approximate surface area is 112 Å². The standard InChI is InChI=1S/C16H29O2/c1-12(13-4-2-6-15(17)10-8-13)14-5-3-7-16(18)11-9-14/h13-18H,2-11H2,1H3. The van der Waals surface area contributed by atoms with E-state index in [4.69, 9.17) is 0 Å². The quantitative estimate of drug-likeness (QED) is 0.740. The van der Waals surface area contributed by atoms with Gasteiger partial charge in [-0.15, -0.1) is 0 Å². The largest absolute Gasteiger partial charge is 0.393 e. The molecule has 0 saturated heterocycles. The van der Waals surface area contributed by atoms with Crippen molar-refractivity contribution in [3.8, 4) is 0 Å². The van der Waals surface area contributed by atoms with Crippen molar-refractivity contribution in [1.29, 1.82) is 0 Å². The van der Waals surface area contributed by atoms with Crippen LogP contribution >= 0.6 is 0 Å². The van der Waals surface area contributed by atoms with E-state index in [1.807, 2.05) is 0 Å². The summed E-state index contributed by atoms with van der Waals surface area (Å²) in [7, 11) is 0. The normalized spacial score (nSPS) is 39.3. The molecule has 105 valence electrons. The van der Waals surface area contributed by atoms with Crippen molar-refractivity contribution in [2.24, 2.45) is 11.8 Å². The van der Waals surface area contributed by atoms with Crippen LogP contribution in [0.25, 0.3) is 0 Å². The van der Waals surface area contributed by atoms with E-state index >= 15 is 0 Å². The Bertz CT molecular complexity index is 217. The number of aliphatic hydroxyl groups excluding tert-OH is 2. The van der Waals surface area contributed by atoms with E-state index in [1.165, 1.54) is 38.5 Å². The maximum Gasteiger partial charge on any atom is 0.0540 e. The fourth-order valence-corrected chi connectivity index (χ4v) is 3.81. The zero-order chi connectivity index (χ0) is 13.0. The van der Waals surface area contributed by atoms with Crippen LogP contribution < -0.4 is 0 Å². The molecule has 0 aromatic rings. The van der Waals surface area contributed by atoms with E-state index in [0.717, 1.165) is 37.5 Å². The predicted molar refractivity (Wildman–Crippen MR) is 74.1 cm³/mol. The first kappa shape index (κ1) is 14.3. The summed E-state index contributed by atoms with van der Waals surface area (Å²) in [4.78, 5) is 0. The fraction of sp³-hybridized carbons (Fsp3) is 0.938. The van der Waals surface area contributed by atoms with E-state index in [2.05, 4.69) is 6.92 Å². The average molecular weight is 253 g/mol. The molecule has 18 heavy (non-hydrogen) atoms. The highest BCUT2D eigenvalue weighted by Crippen LogP contribution is 2.39. The summed E-state index contributed by atoms with van der Waals surface area (Å²) in [6, 6.07) is 0. The molecule has 0 aliphatic heterocycles. The Morgan fingerprint density at radius 2 is 1.11 bits per heavy atom. The molecular formula is C16H29O2. The molecule has 2 aliphatic carbocycles. The highest BCUT2D eigenvalue weighted by Gasteiger charge is 2.29. The highest BCUT2D eigenvalue weighted by atomic mass is 16.3. The third kappa shape index (κ3) is 3.96. The van der Waals surface area contributed by atoms with Gasteiger partial charge in [-0.3, -0.25) is 0 Å². The molecule has 0 spiro atoms. The minimum Gasteiger partial charge on any atom is -0.393 e. The second-order valence-corrected chi connectivity index (χ2v) is 6.46. The van der Waals surface area contributed by atoms with Gasteiger partial charge in [0.2, 0.25) is 0 Å². The average Bonchev–Trinajstić information content (AvgIpc) is 2.69. The van der Waals surface area contributed by atoms with Crippen LogP contribution in [0.2, 0.25) is 0 Å². The van der Waals surface area contributed by atoms with Crippen LogP contribution in [-0.2, 0) is 0 Å². The van der Waals surface area contributed by atoms with Gasteiger partial charge in [0.15, 0.2) is 0 Å². The van der Waals surface area contributed by atoms with E-state index < -0.39 is 0 Å². The van der Waals surface area contributed by atoms with Crippen molar-refractivity contribution < 1.29 is 10.2 Å². The van der Waals surface area contributed by atoms with E-state index in [1.54, 1.807) is 5.92 Å². The van der Waals surface area contributed by atoms with Crippen molar-refractivity contribution in [2.75, 3.05) is 0 Å². The molecule has 4 atom stereocenters. The molecule has 2 fully saturated rings. The Morgan fingerprint density at radius 3 is 1.56 bits per heavy atom. The van der Waals surface area contributed by atoms with Crippen LogP contribution in [0.15, 0.2) is 0 Å². The first-order valence-corrected chi connectivity index (χ1v) is 7.86. The molecule has 2 aliphatic rings. The molecule has 2 heteroatoms. The molecular weight excluding hydrogens is 224 g/mol. The van der Waals surface area contributed by atoms with Crippen molar-refractivity contribution in [1.82, 2.24) is 0 Å². The van der Waals surface area contributed by atoms with Gasteiger partial charge in [0.25, 0.3) is 0 Å². The van der Waals surface area contributed by atoms with E-state index in [-0.39, 0.29) is 12.2 Å². The highest BCUT2D eigenvalue weighted by molar-refractivity contribution is 4.99. The minimum absolute atomic E-state index is 0.0567. The Balaban J connectivity index is 1.86. The number of aliphatic hydroxyl groups is 2. The Kier molecular flexibility index (Phi) is 5.50. The third-order valence-corrected chi connectivity index (χ3v) is 5.16. The fourth-order valence-electron chi connectivity index (χ4n) is 3.81. The van der Waals surface area contributed by atoms with Crippen molar-refractivity contribution in [3.63, 3.8) is 0 Å².